The van der Waals surface area contributed by atoms with Gasteiger partial charge in [0.05, 0.1) is 5.69 Å². The third-order valence-corrected chi connectivity index (χ3v) is 2.78. The summed E-state index contributed by atoms with van der Waals surface area (Å²) in [5.74, 6) is 1.12. The molecule has 0 spiro atoms. The molecule has 3 nitrogen and oxygen atoms in total. The first-order chi connectivity index (χ1) is 7.44. The SMILES string of the molecule is CCNCc1cnc(C)n1CCC(C)(C)C. The second-order valence-electron chi connectivity index (χ2n) is 5.54. The minimum absolute atomic E-state index is 0.381. The molecule has 1 rings (SSSR count). The van der Waals surface area contributed by atoms with Gasteiger partial charge >= 0.3 is 0 Å². The van der Waals surface area contributed by atoms with Gasteiger partial charge in [0.2, 0.25) is 0 Å². The van der Waals surface area contributed by atoms with Crippen LogP contribution in [0.15, 0.2) is 6.20 Å². The van der Waals surface area contributed by atoms with E-state index in [1.807, 2.05) is 6.20 Å². The van der Waals surface area contributed by atoms with E-state index in [1.54, 1.807) is 0 Å². The molecular formula is C13H25N3. The monoisotopic (exact) mass is 223 g/mol. The van der Waals surface area contributed by atoms with Gasteiger partial charge in [-0.2, -0.15) is 0 Å². The molecule has 0 amide bonds. The van der Waals surface area contributed by atoms with Crippen molar-refractivity contribution in [3.05, 3.63) is 17.7 Å². The van der Waals surface area contributed by atoms with E-state index in [0.717, 1.165) is 25.5 Å². The number of hydrogen-bond donors (Lipinski definition) is 1. The molecule has 0 saturated heterocycles. The van der Waals surface area contributed by atoms with Crippen LogP contribution in [0, 0.1) is 12.3 Å². The van der Waals surface area contributed by atoms with Gasteiger partial charge in [0, 0.05) is 19.3 Å². The molecule has 1 aromatic heterocycles. The maximum Gasteiger partial charge on any atom is 0.105 e. The van der Waals surface area contributed by atoms with Crippen molar-refractivity contribution >= 4 is 0 Å². The fraction of sp³-hybridized carbons (Fsp3) is 0.769. The van der Waals surface area contributed by atoms with Crippen molar-refractivity contribution in [2.75, 3.05) is 6.54 Å². The van der Waals surface area contributed by atoms with E-state index in [1.165, 1.54) is 12.1 Å². The summed E-state index contributed by atoms with van der Waals surface area (Å²) in [5, 5.41) is 3.35. The Balaban J connectivity index is 2.66. The molecule has 0 unspecified atom stereocenters. The van der Waals surface area contributed by atoms with Crippen LogP contribution < -0.4 is 5.32 Å². The van der Waals surface area contributed by atoms with Crippen LogP contribution in [0.4, 0.5) is 0 Å². The van der Waals surface area contributed by atoms with E-state index in [9.17, 15) is 0 Å². The smallest absolute Gasteiger partial charge is 0.105 e. The lowest BCUT2D eigenvalue weighted by Crippen LogP contribution is -2.18. The van der Waals surface area contributed by atoms with Crippen molar-refractivity contribution in [2.45, 2.75) is 54.1 Å². The second-order valence-corrected chi connectivity index (χ2v) is 5.54. The fourth-order valence-electron chi connectivity index (χ4n) is 1.66. The number of aryl methyl sites for hydroxylation is 1. The lowest BCUT2D eigenvalue weighted by molar-refractivity contribution is 0.345. The molecule has 1 heterocycles. The average Bonchev–Trinajstić information content (AvgIpc) is 2.52. The summed E-state index contributed by atoms with van der Waals surface area (Å²) in [6, 6.07) is 0. The van der Waals surface area contributed by atoms with E-state index < -0.39 is 0 Å². The Morgan fingerprint density at radius 3 is 2.62 bits per heavy atom. The Hall–Kier alpha value is -0.830. The number of aromatic nitrogens is 2. The zero-order valence-electron chi connectivity index (χ0n) is 11.3. The van der Waals surface area contributed by atoms with Gasteiger partial charge < -0.3 is 9.88 Å². The van der Waals surface area contributed by atoms with Gasteiger partial charge in [-0.1, -0.05) is 27.7 Å². The molecule has 1 aromatic rings. The lowest BCUT2D eigenvalue weighted by Gasteiger charge is -2.20. The Bertz CT molecular complexity index is 320. The van der Waals surface area contributed by atoms with E-state index in [0.29, 0.717) is 5.41 Å². The molecule has 3 heteroatoms. The van der Waals surface area contributed by atoms with Crippen molar-refractivity contribution in [1.82, 2.24) is 14.9 Å². The van der Waals surface area contributed by atoms with Gasteiger partial charge in [-0.25, -0.2) is 4.98 Å². The zero-order valence-corrected chi connectivity index (χ0v) is 11.3. The molecule has 0 aromatic carbocycles. The van der Waals surface area contributed by atoms with E-state index in [2.05, 4.69) is 49.5 Å². The first kappa shape index (κ1) is 13.2. The van der Waals surface area contributed by atoms with Crippen molar-refractivity contribution in [3.8, 4) is 0 Å². The van der Waals surface area contributed by atoms with Crippen LogP contribution in [0.1, 0.15) is 45.6 Å². The van der Waals surface area contributed by atoms with Gasteiger partial charge in [0.25, 0.3) is 0 Å². The highest BCUT2D eigenvalue weighted by Gasteiger charge is 2.12. The highest BCUT2D eigenvalue weighted by Crippen LogP contribution is 2.20. The summed E-state index contributed by atoms with van der Waals surface area (Å²) in [6.07, 6.45) is 3.17. The molecule has 92 valence electrons. The highest BCUT2D eigenvalue weighted by atomic mass is 15.1. The molecule has 1 N–H and O–H groups in total. The molecular weight excluding hydrogens is 198 g/mol. The third kappa shape index (κ3) is 3.97. The standard InChI is InChI=1S/C13H25N3/c1-6-14-9-12-10-15-11(2)16(12)8-7-13(3,4)5/h10,14H,6-9H2,1-5H3. The predicted octanol–water partition coefficient (Wildman–Crippen LogP) is 2.74. The predicted molar refractivity (Wildman–Crippen MR) is 68.4 cm³/mol. The van der Waals surface area contributed by atoms with Gasteiger partial charge in [-0.15, -0.1) is 0 Å². The average molecular weight is 223 g/mol. The molecule has 0 fully saturated rings. The third-order valence-electron chi connectivity index (χ3n) is 2.78. The minimum Gasteiger partial charge on any atom is -0.331 e. The van der Waals surface area contributed by atoms with Crippen molar-refractivity contribution in [1.29, 1.82) is 0 Å². The minimum atomic E-state index is 0.381. The second kappa shape index (κ2) is 5.48. The number of rotatable bonds is 5. The molecule has 0 bridgehead atoms. The van der Waals surface area contributed by atoms with Crippen LogP contribution in [0.3, 0.4) is 0 Å². The van der Waals surface area contributed by atoms with Gasteiger partial charge in [0.15, 0.2) is 0 Å². The summed E-state index contributed by atoms with van der Waals surface area (Å²) < 4.78 is 2.33. The number of nitrogens with one attached hydrogen (secondary N) is 1. The number of imidazole rings is 1. The van der Waals surface area contributed by atoms with Crippen LogP contribution in [-0.4, -0.2) is 16.1 Å². The van der Waals surface area contributed by atoms with E-state index in [4.69, 9.17) is 0 Å². The molecule has 0 atom stereocenters. The summed E-state index contributed by atoms with van der Waals surface area (Å²) in [7, 11) is 0. The van der Waals surface area contributed by atoms with Crippen LogP contribution in [0.2, 0.25) is 0 Å². The normalized spacial score (nSPS) is 12.1. The lowest BCUT2D eigenvalue weighted by atomic mass is 9.92. The quantitative estimate of drug-likeness (QED) is 0.832. The Labute approximate surface area is 99.3 Å². The molecule has 0 aliphatic carbocycles. The maximum absolute atomic E-state index is 4.39. The summed E-state index contributed by atoms with van der Waals surface area (Å²) in [5.41, 5.74) is 1.68. The fourth-order valence-corrected chi connectivity index (χ4v) is 1.66. The summed E-state index contributed by atoms with van der Waals surface area (Å²) in [6.45, 7) is 14.0. The maximum atomic E-state index is 4.39. The number of hydrogen-bond acceptors (Lipinski definition) is 2. The molecule has 0 saturated carbocycles. The number of nitrogens with zero attached hydrogens (tertiary/aromatic N) is 2. The van der Waals surface area contributed by atoms with Crippen molar-refractivity contribution < 1.29 is 0 Å². The Morgan fingerprint density at radius 2 is 2.06 bits per heavy atom. The Morgan fingerprint density at radius 1 is 1.38 bits per heavy atom. The van der Waals surface area contributed by atoms with Crippen LogP contribution in [0.5, 0.6) is 0 Å². The van der Waals surface area contributed by atoms with Crippen LogP contribution in [0.25, 0.3) is 0 Å². The Kier molecular flexibility index (Phi) is 4.54. The van der Waals surface area contributed by atoms with Crippen molar-refractivity contribution in [2.24, 2.45) is 5.41 Å². The first-order valence-electron chi connectivity index (χ1n) is 6.16. The molecule has 0 aliphatic heterocycles. The summed E-state index contributed by atoms with van der Waals surface area (Å²) in [4.78, 5) is 4.39. The van der Waals surface area contributed by atoms with Crippen LogP contribution in [-0.2, 0) is 13.1 Å². The molecule has 0 aliphatic rings. The molecule has 16 heavy (non-hydrogen) atoms. The van der Waals surface area contributed by atoms with Gasteiger partial charge in [-0.05, 0) is 25.3 Å². The zero-order chi connectivity index (χ0) is 12.2. The van der Waals surface area contributed by atoms with Gasteiger partial charge in [-0.3, -0.25) is 0 Å². The van der Waals surface area contributed by atoms with E-state index >= 15 is 0 Å². The molecule has 0 radical (unpaired) electrons. The van der Waals surface area contributed by atoms with E-state index in [-0.39, 0.29) is 0 Å². The van der Waals surface area contributed by atoms with Crippen molar-refractivity contribution in [3.63, 3.8) is 0 Å². The largest absolute Gasteiger partial charge is 0.331 e. The summed E-state index contributed by atoms with van der Waals surface area (Å²) >= 11 is 0. The highest BCUT2D eigenvalue weighted by molar-refractivity contribution is 5.04. The first-order valence-corrected chi connectivity index (χ1v) is 6.16. The topological polar surface area (TPSA) is 29.9 Å². The van der Waals surface area contributed by atoms with Gasteiger partial charge in [0.1, 0.15) is 5.82 Å². The van der Waals surface area contributed by atoms with Crippen LogP contribution >= 0.6 is 0 Å².